The van der Waals surface area contributed by atoms with Gasteiger partial charge in [0, 0.05) is 19.2 Å². The van der Waals surface area contributed by atoms with Crippen LogP contribution in [0.2, 0.25) is 0 Å². The first-order valence-electron chi connectivity index (χ1n) is 6.69. The number of unbranched alkanes of at least 4 members (excludes halogenated alkanes) is 2. The topological polar surface area (TPSA) is 63.4 Å². The van der Waals surface area contributed by atoms with Crippen LogP contribution in [0.1, 0.15) is 37.3 Å². The van der Waals surface area contributed by atoms with Gasteiger partial charge in [-0.15, -0.1) is 0 Å². The van der Waals surface area contributed by atoms with Crippen molar-refractivity contribution < 1.29 is 8.42 Å². The first-order chi connectivity index (χ1) is 9.36. The Hall–Kier alpha value is -0.980. The van der Waals surface area contributed by atoms with Gasteiger partial charge >= 0.3 is 0 Å². The molecule has 0 aliphatic heterocycles. The normalized spacial score (nSPS) is 11.8. The van der Waals surface area contributed by atoms with Gasteiger partial charge < -0.3 is 5.73 Å². The third-order valence-corrected chi connectivity index (χ3v) is 5.18. The summed E-state index contributed by atoms with van der Waals surface area (Å²) in [6.07, 6.45) is 3.00. The van der Waals surface area contributed by atoms with Crippen LogP contribution in [0.25, 0.3) is 0 Å². The lowest BCUT2D eigenvalue weighted by molar-refractivity contribution is 0.453. The van der Waals surface area contributed by atoms with Gasteiger partial charge in [-0.2, -0.15) is 0 Å². The van der Waals surface area contributed by atoms with Crippen LogP contribution in [0.15, 0.2) is 24.3 Å². The predicted octanol–water partition coefficient (Wildman–Crippen LogP) is 2.27. The molecular formula is C14H22N2O2S2. The quantitative estimate of drug-likeness (QED) is 0.590. The van der Waals surface area contributed by atoms with Crippen molar-refractivity contribution >= 4 is 27.2 Å². The van der Waals surface area contributed by atoms with E-state index >= 15 is 0 Å². The molecule has 6 heteroatoms. The highest BCUT2D eigenvalue weighted by molar-refractivity contribution is 7.88. The molecule has 0 spiro atoms. The number of sulfonamides is 1. The molecule has 0 unspecified atom stereocenters. The minimum atomic E-state index is -3.29. The Morgan fingerprint density at radius 2 is 2.05 bits per heavy atom. The number of benzene rings is 1. The number of nitrogens with zero attached hydrogens (tertiary/aromatic N) is 1. The highest BCUT2D eigenvalue weighted by Gasteiger charge is 2.18. The van der Waals surface area contributed by atoms with Crippen molar-refractivity contribution in [3.05, 3.63) is 35.4 Å². The van der Waals surface area contributed by atoms with E-state index in [1.807, 2.05) is 0 Å². The predicted molar refractivity (Wildman–Crippen MR) is 87.1 cm³/mol. The lowest BCUT2D eigenvalue weighted by Gasteiger charge is -2.17. The van der Waals surface area contributed by atoms with E-state index < -0.39 is 10.0 Å². The molecule has 0 saturated heterocycles. The van der Waals surface area contributed by atoms with Crippen LogP contribution in [0, 0.1) is 0 Å². The lowest BCUT2D eigenvalue weighted by Crippen LogP contribution is -2.29. The molecule has 1 aromatic rings. The molecule has 2 N–H and O–H groups in total. The molecule has 0 radical (unpaired) electrons. The summed E-state index contributed by atoms with van der Waals surface area (Å²) in [6.45, 7) is 2.65. The first kappa shape index (κ1) is 17.1. The summed E-state index contributed by atoms with van der Waals surface area (Å²) in [5, 5.41) is 0. The molecule has 1 rings (SSSR count). The fourth-order valence-electron chi connectivity index (χ4n) is 1.86. The van der Waals surface area contributed by atoms with Gasteiger partial charge in [-0.05, 0) is 18.1 Å². The highest BCUT2D eigenvalue weighted by atomic mass is 32.2. The maximum absolute atomic E-state index is 12.2. The maximum Gasteiger partial charge on any atom is 0.218 e. The van der Waals surface area contributed by atoms with E-state index in [9.17, 15) is 8.42 Å². The van der Waals surface area contributed by atoms with Gasteiger partial charge in [0.15, 0.2) is 0 Å². The summed E-state index contributed by atoms with van der Waals surface area (Å²) in [4.78, 5) is 0.278. The van der Waals surface area contributed by atoms with Crippen LogP contribution in [-0.2, 0) is 15.8 Å². The molecule has 1 aromatic carbocycles. The van der Waals surface area contributed by atoms with Crippen molar-refractivity contribution in [1.82, 2.24) is 4.31 Å². The van der Waals surface area contributed by atoms with E-state index in [4.69, 9.17) is 18.0 Å². The van der Waals surface area contributed by atoms with Crippen molar-refractivity contribution in [2.75, 3.05) is 13.6 Å². The maximum atomic E-state index is 12.2. The molecule has 0 heterocycles. The number of nitrogens with two attached hydrogens (primary N) is 1. The average Bonchev–Trinajstić information content (AvgIpc) is 2.38. The molecule has 0 bridgehead atoms. The van der Waals surface area contributed by atoms with Gasteiger partial charge in [0.2, 0.25) is 10.0 Å². The second-order valence-electron chi connectivity index (χ2n) is 4.85. The van der Waals surface area contributed by atoms with Gasteiger partial charge in [0.25, 0.3) is 0 Å². The Kier molecular flexibility index (Phi) is 6.58. The van der Waals surface area contributed by atoms with Crippen molar-refractivity contribution in [3.63, 3.8) is 0 Å². The van der Waals surface area contributed by atoms with Gasteiger partial charge in [-0.3, -0.25) is 0 Å². The van der Waals surface area contributed by atoms with Crippen LogP contribution in [0.4, 0.5) is 0 Å². The molecular weight excluding hydrogens is 292 g/mol. The smallest absolute Gasteiger partial charge is 0.218 e. The zero-order valence-corrected chi connectivity index (χ0v) is 13.6. The van der Waals surface area contributed by atoms with Gasteiger partial charge in [0.1, 0.15) is 4.99 Å². The SMILES string of the molecule is CCCCCN(C)S(=O)(=O)Cc1cccc(C(N)=S)c1. The zero-order chi connectivity index (χ0) is 15.2. The van der Waals surface area contributed by atoms with E-state index in [0.29, 0.717) is 17.7 Å². The third-order valence-electron chi connectivity index (χ3n) is 3.11. The van der Waals surface area contributed by atoms with Crippen molar-refractivity contribution in [1.29, 1.82) is 0 Å². The standard InChI is InChI=1S/C14H22N2O2S2/c1-3-4-5-9-16(2)20(17,18)11-12-7-6-8-13(10-12)14(15)19/h6-8,10H,3-5,9,11H2,1-2H3,(H2,15,19). The van der Waals surface area contributed by atoms with E-state index in [0.717, 1.165) is 19.3 Å². The number of hydrogen-bond acceptors (Lipinski definition) is 3. The molecule has 0 aliphatic carbocycles. The van der Waals surface area contributed by atoms with Crippen LogP contribution in [-0.4, -0.2) is 31.3 Å². The Morgan fingerprint density at radius 1 is 1.35 bits per heavy atom. The molecule has 0 fully saturated rings. The summed E-state index contributed by atoms with van der Waals surface area (Å²) in [6, 6.07) is 7.07. The second kappa shape index (κ2) is 7.71. The fourth-order valence-corrected chi connectivity index (χ4v) is 3.21. The van der Waals surface area contributed by atoms with Crippen LogP contribution < -0.4 is 5.73 Å². The number of hydrogen-bond donors (Lipinski definition) is 1. The largest absolute Gasteiger partial charge is 0.389 e. The van der Waals surface area contributed by atoms with Gasteiger partial charge in [-0.25, -0.2) is 12.7 Å². The average molecular weight is 314 g/mol. The van der Waals surface area contributed by atoms with E-state index in [2.05, 4.69) is 6.92 Å². The third kappa shape index (κ3) is 5.19. The molecule has 0 atom stereocenters. The van der Waals surface area contributed by atoms with Crippen molar-refractivity contribution in [2.24, 2.45) is 5.73 Å². The van der Waals surface area contributed by atoms with Crippen molar-refractivity contribution in [2.45, 2.75) is 31.9 Å². The van der Waals surface area contributed by atoms with Crippen LogP contribution in [0.3, 0.4) is 0 Å². The minimum absolute atomic E-state index is 0.0217. The van der Waals surface area contributed by atoms with Gasteiger partial charge in [-0.1, -0.05) is 50.2 Å². The Labute approximate surface area is 127 Å². The molecule has 4 nitrogen and oxygen atoms in total. The number of rotatable bonds is 8. The fraction of sp³-hybridized carbons (Fsp3) is 0.500. The Morgan fingerprint density at radius 3 is 2.65 bits per heavy atom. The van der Waals surface area contributed by atoms with E-state index in [1.54, 1.807) is 31.3 Å². The van der Waals surface area contributed by atoms with E-state index in [-0.39, 0.29) is 10.7 Å². The molecule has 112 valence electrons. The molecule has 0 aromatic heterocycles. The van der Waals surface area contributed by atoms with E-state index in [1.165, 1.54) is 4.31 Å². The van der Waals surface area contributed by atoms with Crippen molar-refractivity contribution in [3.8, 4) is 0 Å². The number of thiocarbonyl (C=S) groups is 1. The van der Waals surface area contributed by atoms with Crippen LogP contribution >= 0.6 is 12.2 Å². The van der Waals surface area contributed by atoms with Crippen LogP contribution in [0.5, 0.6) is 0 Å². The summed E-state index contributed by atoms with van der Waals surface area (Å²) >= 11 is 4.90. The zero-order valence-electron chi connectivity index (χ0n) is 12.0. The lowest BCUT2D eigenvalue weighted by atomic mass is 10.1. The summed E-state index contributed by atoms with van der Waals surface area (Å²) in [5.74, 6) is -0.0217. The summed E-state index contributed by atoms with van der Waals surface area (Å²) < 4.78 is 25.9. The molecule has 20 heavy (non-hydrogen) atoms. The first-order valence-corrected chi connectivity index (χ1v) is 8.71. The highest BCUT2D eigenvalue weighted by Crippen LogP contribution is 2.12. The Balaban J connectivity index is 2.75. The Bertz CT molecular complexity index is 556. The monoisotopic (exact) mass is 314 g/mol. The second-order valence-corrected chi connectivity index (χ2v) is 7.37. The molecule has 0 aliphatic rings. The summed E-state index contributed by atoms with van der Waals surface area (Å²) in [7, 11) is -1.66. The van der Waals surface area contributed by atoms with Gasteiger partial charge in [0.05, 0.1) is 5.75 Å². The molecule has 0 saturated carbocycles. The molecule has 0 amide bonds. The minimum Gasteiger partial charge on any atom is -0.389 e. The summed E-state index contributed by atoms with van der Waals surface area (Å²) in [5.41, 5.74) is 6.96.